The number of aromatic amines is 1. The van der Waals surface area contributed by atoms with Crippen molar-refractivity contribution in [2.24, 2.45) is 4.99 Å². The summed E-state index contributed by atoms with van der Waals surface area (Å²) in [4.78, 5) is 7.17. The molecule has 0 saturated carbocycles. The Balaban J connectivity index is 2.39. The normalized spacial score (nSPS) is 19.7. The second-order valence-electron chi connectivity index (χ2n) is 4.00. The number of nitrogens with one attached hydrogen (secondary N) is 1. The molecule has 1 N–H and O–H groups in total. The van der Waals surface area contributed by atoms with Crippen LogP contribution in [0.1, 0.15) is 24.4 Å². The zero-order chi connectivity index (χ0) is 11.3. The van der Waals surface area contributed by atoms with Crippen LogP contribution in [-0.4, -0.2) is 17.2 Å². The highest BCUT2D eigenvalue weighted by Crippen LogP contribution is 2.34. The molecular weight excluding hydrogens is 210 g/mol. The number of benzene rings is 1. The molecule has 82 valence electrons. The molecule has 16 heavy (non-hydrogen) atoms. The summed E-state index contributed by atoms with van der Waals surface area (Å²) in [5.74, 6) is -0.346. The summed E-state index contributed by atoms with van der Waals surface area (Å²) >= 11 is 0. The van der Waals surface area contributed by atoms with E-state index in [9.17, 15) is 8.78 Å². The number of alkyl halides is 1. The molecule has 2 heterocycles. The molecule has 1 aromatic heterocycles. The average molecular weight is 220 g/mol. The SMILES string of the molecule is CC1=NC[C@@H](F)c2c1[nH]c1ccc(F)cc21. The lowest BCUT2D eigenvalue weighted by atomic mass is 10.0. The molecule has 1 atom stereocenters. The summed E-state index contributed by atoms with van der Waals surface area (Å²) in [6.07, 6.45) is -1.14. The van der Waals surface area contributed by atoms with E-state index in [0.29, 0.717) is 16.6 Å². The summed E-state index contributed by atoms with van der Waals surface area (Å²) in [6.45, 7) is 1.96. The molecule has 1 aliphatic heterocycles. The Bertz CT molecular complexity index is 598. The molecule has 1 aromatic carbocycles. The zero-order valence-electron chi connectivity index (χ0n) is 8.72. The van der Waals surface area contributed by atoms with Gasteiger partial charge in [-0.15, -0.1) is 0 Å². The molecule has 2 nitrogen and oxygen atoms in total. The van der Waals surface area contributed by atoms with Crippen molar-refractivity contribution in [2.45, 2.75) is 13.1 Å². The summed E-state index contributed by atoms with van der Waals surface area (Å²) in [6, 6.07) is 4.36. The standard InChI is InChI=1S/C12H10F2N2/c1-6-12-11(9(14)5-15-6)8-4-7(13)2-3-10(8)16-12/h2-4,9,16H,5H2,1H3/t9-/m1/s1. The number of halogens is 2. The molecule has 0 spiro atoms. The van der Waals surface area contributed by atoms with E-state index >= 15 is 0 Å². The predicted molar refractivity (Wildman–Crippen MR) is 59.2 cm³/mol. The van der Waals surface area contributed by atoms with Gasteiger partial charge in [-0.2, -0.15) is 0 Å². The van der Waals surface area contributed by atoms with Gasteiger partial charge in [-0.05, 0) is 25.1 Å². The van der Waals surface area contributed by atoms with Gasteiger partial charge in [0.05, 0.1) is 18.0 Å². The van der Waals surface area contributed by atoms with Crippen molar-refractivity contribution >= 4 is 16.6 Å². The van der Waals surface area contributed by atoms with Crippen LogP contribution in [0, 0.1) is 5.82 Å². The highest BCUT2D eigenvalue weighted by Gasteiger charge is 2.25. The Morgan fingerprint density at radius 2 is 2.25 bits per heavy atom. The minimum atomic E-state index is -1.14. The maximum Gasteiger partial charge on any atom is 0.147 e. The van der Waals surface area contributed by atoms with E-state index in [0.717, 1.165) is 11.2 Å². The van der Waals surface area contributed by atoms with Crippen LogP contribution in [0.25, 0.3) is 10.9 Å². The Hall–Kier alpha value is -1.71. The van der Waals surface area contributed by atoms with Crippen LogP contribution >= 0.6 is 0 Å². The van der Waals surface area contributed by atoms with Crippen molar-refractivity contribution in [3.8, 4) is 0 Å². The number of fused-ring (bicyclic) bond motifs is 3. The number of hydrogen-bond donors (Lipinski definition) is 1. The molecule has 0 aliphatic carbocycles. The first-order chi connectivity index (χ1) is 7.66. The van der Waals surface area contributed by atoms with Gasteiger partial charge in [0.25, 0.3) is 0 Å². The molecule has 0 unspecified atom stereocenters. The summed E-state index contributed by atoms with van der Waals surface area (Å²) in [5.41, 5.74) is 2.77. The van der Waals surface area contributed by atoms with Crippen LogP contribution < -0.4 is 0 Å². The highest BCUT2D eigenvalue weighted by atomic mass is 19.1. The van der Waals surface area contributed by atoms with Gasteiger partial charge in [-0.1, -0.05) is 0 Å². The van der Waals surface area contributed by atoms with Crippen LogP contribution in [0.15, 0.2) is 23.2 Å². The van der Waals surface area contributed by atoms with E-state index in [2.05, 4.69) is 9.98 Å². The summed E-state index contributed by atoms with van der Waals surface area (Å²) < 4.78 is 26.9. The minimum Gasteiger partial charge on any atom is -0.353 e. The Kier molecular flexibility index (Phi) is 1.87. The third-order valence-electron chi connectivity index (χ3n) is 2.96. The van der Waals surface area contributed by atoms with E-state index in [4.69, 9.17) is 0 Å². The van der Waals surface area contributed by atoms with Gasteiger partial charge < -0.3 is 4.98 Å². The monoisotopic (exact) mass is 220 g/mol. The van der Waals surface area contributed by atoms with Gasteiger partial charge in [0.15, 0.2) is 0 Å². The first-order valence-electron chi connectivity index (χ1n) is 5.13. The Morgan fingerprint density at radius 1 is 1.44 bits per heavy atom. The number of hydrogen-bond acceptors (Lipinski definition) is 1. The first-order valence-corrected chi connectivity index (χ1v) is 5.13. The van der Waals surface area contributed by atoms with Gasteiger partial charge in [-0.3, -0.25) is 4.99 Å². The van der Waals surface area contributed by atoms with Crippen molar-refractivity contribution in [1.29, 1.82) is 0 Å². The number of nitrogens with zero attached hydrogens (tertiary/aromatic N) is 1. The molecule has 0 radical (unpaired) electrons. The Morgan fingerprint density at radius 3 is 3.06 bits per heavy atom. The topological polar surface area (TPSA) is 28.1 Å². The van der Waals surface area contributed by atoms with Gasteiger partial charge in [0.1, 0.15) is 12.0 Å². The fraction of sp³-hybridized carbons (Fsp3) is 0.250. The van der Waals surface area contributed by atoms with Crippen LogP contribution in [0.5, 0.6) is 0 Å². The first kappa shape index (κ1) is 9.51. The molecule has 4 heteroatoms. The number of rotatable bonds is 0. The molecule has 1 aliphatic rings. The van der Waals surface area contributed by atoms with Crippen LogP contribution in [0.4, 0.5) is 8.78 Å². The second-order valence-corrected chi connectivity index (χ2v) is 4.00. The lowest BCUT2D eigenvalue weighted by Crippen LogP contribution is -2.11. The lowest BCUT2D eigenvalue weighted by Gasteiger charge is -2.13. The van der Waals surface area contributed by atoms with E-state index in [1.165, 1.54) is 12.1 Å². The van der Waals surface area contributed by atoms with Crippen molar-refractivity contribution in [3.63, 3.8) is 0 Å². The van der Waals surface area contributed by atoms with Crippen LogP contribution in [0.2, 0.25) is 0 Å². The number of aromatic nitrogens is 1. The quantitative estimate of drug-likeness (QED) is 0.706. The summed E-state index contributed by atoms with van der Waals surface area (Å²) in [7, 11) is 0. The fourth-order valence-corrected chi connectivity index (χ4v) is 2.18. The van der Waals surface area contributed by atoms with E-state index in [1.807, 2.05) is 6.92 Å². The molecule has 0 bridgehead atoms. The highest BCUT2D eigenvalue weighted by molar-refractivity contribution is 6.05. The number of H-pyrrole nitrogens is 1. The fourth-order valence-electron chi connectivity index (χ4n) is 2.18. The maximum absolute atomic E-state index is 13.8. The van der Waals surface area contributed by atoms with Gasteiger partial charge in [0.2, 0.25) is 0 Å². The van der Waals surface area contributed by atoms with E-state index in [1.54, 1.807) is 6.07 Å². The average Bonchev–Trinajstić information content (AvgIpc) is 2.63. The van der Waals surface area contributed by atoms with Crippen molar-refractivity contribution < 1.29 is 8.78 Å². The van der Waals surface area contributed by atoms with E-state index in [-0.39, 0.29) is 12.4 Å². The van der Waals surface area contributed by atoms with Crippen LogP contribution in [0.3, 0.4) is 0 Å². The minimum absolute atomic E-state index is 0.127. The lowest BCUT2D eigenvalue weighted by molar-refractivity contribution is 0.352. The van der Waals surface area contributed by atoms with Crippen molar-refractivity contribution in [3.05, 3.63) is 35.3 Å². The van der Waals surface area contributed by atoms with Crippen molar-refractivity contribution in [1.82, 2.24) is 4.98 Å². The molecule has 0 saturated heterocycles. The predicted octanol–water partition coefficient (Wildman–Crippen LogP) is 3.14. The van der Waals surface area contributed by atoms with Gasteiger partial charge in [0, 0.05) is 16.5 Å². The smallest absolute Gasteiger partial charge is 0.147 e. The number of aliphatic imine (C=N–C) groups is 1. The maximum atomic E-state index is 13.8. The zero-order valence-corrected chi connectivity index (χ0v) is 8.72. The van der Waals surface area contributed by atoms with Gasteiger partial charge in [-0.25, -0.2) is 8.78 Å². The largest absolute Gasteiger partial charge is 0.353 e. The Labute approximate surface area is 91.0 Å². The molecule has 3 rings (SSSR count). The third kappa shape index (κ3) is 1.19. The second kappa shape index (κ2) is 3.14. The molecule has 2 aromatic rings. The van der Waals surface area contributed by atoms with Crippen LogP contribution in [-0.2, 0) is 0 Å². The third-order valence-corrected chi connectivity index (χ3v) is 2.96. The van der Waals surface area contributed by atoms with Crippen molar-refractivity contribution in [2.75, 3.05) is 6.54 Å². The summed E-state index contributed by atoms with van der Waals surface area (Å²) in [5, 5.41) is 0.622. The molecular formula is C12H10F2N2. The molecule has 0 amide bonds. The van der Waals surface area contributed by atoms with Gasteiger partial charge >= 0.3 is 0 Å². The van der Waals surface area contributed by atoms with E-state index < -0.39 is 6.17 Å². The molecule has 0 fully saturated rings.